The number of carbonyl (C=O) groups is 3. The largest absolute Gasteiger partial charge is 0.497 e. The summed E-state index contributed by atoms with van der Waals surface area (Å²) in [6, 6.07) is 23.0. The Bertz CT molecular complexity index is 1760. The predicted octanol–water partition coefficient (Wildman–Crippen LogP) is 4.30. The molecule has 2 amide bonds. The average Bonchev–Trinajstić information content (AvgIpc) is 3.37. The van der Waals surface area contributed by atoms with Gasteiger partial charge in [0.1, 0.15) is 25.4 Å². The molecular weight excluding hydrogens is 608 g/mol. The summed E-state index contributed by atoms with van der Waals surface area (Å²) in [7, 11) is 1.60. The number of amides is 2. The van der Waals surface area contributed by atoms with Gasteiger partial charge in [0.15, 0.2) is 5.16 Å². The number of nitrogens with zero attached hydrogens (tertiary/aromatic N) is 3. The van der Waals surface area contributed by atoms with Crippen LogP contribution in [0, 0.1) is 6.92 Å². The number of fused-ring (bicyclic) bond motifs is 3. The molecule has 11 nitrogen and oxygen atoms in total. The van der Waals surface area contributed by atoms with Gasteiger partial charge in [-0.15, -0.1) is 0 Å². The molecular formula is C34H34N4O7S. The first-order valence-electron chi connectivity index (χ1n) is 14.7. The van der Waals surface area contributed by atoms with Gasteiger partial charge in [-0.3, -0.25) is 14.4 Å². The van der Waals surface area contributed by atoms with Crippen LogP contribution < -0.4 is 15.6 Å². The van der Waals surface area contributed by atoms with Crippen molar-refractivity contribution in [3.05, 3.63) is 112 Å². The Morgan fingerprint density at radius 1 is 1.02 bits per heavy atom. The van der Waals surface area contributed by atoms with Crippen LogP contribution in [0.2, 0.25) is 0 Å². The number of nitrogens with one attached hydrogen (secondary N) is 1. The Labute approximate surface area is 270 Å². The molecule has 0 radical (unpaired) electrons. The van der Waals surface area contributed by atoms with Gasteiger partial charge in [-0.2, -0.15) is 4.98 Å². The van der Waals surface area contributed by atoms with E-state index in [-0.39, 0.29) is 32.2 Å². The third-order valence-corrected chi connectivity index (χ3v) is 8.77. The van der Waals surface area contributed by atoms with E-state index >= 15 is 0 Å². The lowest BCUT2D eigenvalue weighted by atomic mass is 9.98. The Balaban J connectivity index is 1.17. The summed E-state index contributed by atoms with van der Waals surface area (Å²) in [4.78, 5) is 54.7. The summed E-state index contributed by atoms with van der Waals surface area (Å²) in [5.41, 5.74) is 5.97. The third kappa shape index (κ3) is 7.75. The monoisotopic (exact) mass is 642 g/mol. The van der Waals surface area contributed by atoms with Crippen LogP contribution in [-0.2, 0) is 26.6 Å². The number of alkyl carbamates (subject to hydrolysis) is 1. The van der Waals surface area contributed by atoms with Gasteiger partial charge in [0.2, 0.25) is 5.91 Å². The molecule has 0 spiro atoms. The quantitative estimate of drug-likeness (QED) is 0.161. The summed E-state index contributed by atoms with van der Waals surface area (Å²) >= 11 is 1.29. The van der Waals surface area contributed by atoms with Crippen LogP contribution in [0.1, 0.15) is 28.2 Å². The molecule has 1 aliphatic carbocycles. The lowest BCUT2D eigenvalue weighted by molar-refractivity contribution is -0.144. The third-order valence-electron chi connectivity index (χ3n) is 7.73. The first-order valence-corrected chi connectivity index (χ1v) is 15.6. The fourth-order valence-electron chi connectivity index (χ4n) is 5.39. The molecule has 1 aliphatic rings. The van der Waals surface area contributed by atoms with Gasteiger partial charge in [0.05, 0.1) is 7.11 Å². The number of aliphatic carboxylic acids is 1. The lowest BCUT2D eigenvalue weighted by Gasteiger charge is -2.22. The van der Waals surface area contributed by atoms with Crippen molar-refractivity contribution >= 4 is 29.7 Å². The molecule has 0 saturated heterocycles. The minimum atomic E-state index is -1.20. The minimum absolute atomic E-state index is 0.0174. The van der Waals surface area contributed by atoms with Crippen molar-refractivity contribution in [1.29, 1.82) is 0 Å². The van der Waals surface area contributed by atoms with E-state index < -0.39 is 30.1 Å². The van der Waals surface area contributed by atoms with Crippen molar-refractivity contribution < 1.29 is 29.0 Å². The maximum absolute atomic E-state index is 13.3. The number of methoxy groups -OCH3 is 1. The van der Waals surface area contributed by atoms with E-state index in [1.807, 2.05) is 61.5 Å². The molecule has 4 aromatic rings. The van der Waals surface area contributed by atoms with Crippen molar-refractivity contribution in [2.45, 2.75) is 30.3 Å². The van der Waals surface area contributed by atoms with Crippen LogP contribution in [-0.4, -0.2) is 70.9 Å². The second-order valence-electron chi connectivity index (χ2n) is 10.7. The molecule has 0 bridgehead atoms. The Kier molecular flexibility index (Phi) is 10.4. The first-order chi connectivity index (χ1) is 22.2. The number of rotatable bonds is 13. The van der Waals surface area contributed by atoms with Crippen molar-refractivity contribution in [2.24, 2.45) is 0 Å². The Morgan fingerprint density at radius 3 is 2.37 bits per heavy atom. The Morgan fingerprint density at radius 2 is 1.72 bits per heavy atom. The van der Waals surface area contributed by atoms with Crippen molar-refractivity contribution in [2.75, 3.05) is 33.4 Å². The van der Waals surface area contributed by atoms with Gasteiger partial charge in [0, 0.05) is 37.0 Å². The molecule has 0 aliphatic heterocycles. The zero-order valence-electron chi connectivity index (χ0n) is 25.5. The van der Waals surface area contributed by atoms with Crippen molar-refractivity contribution in [3.8, 4) is 16.9 Å². The second-order valence-corrected chi connectivity index (χ2v) is 11.7. The number of hydrogen-bond donors (Lipinski definition) is 2. The lowest BCUT2D eigenvalue weighted by Crippen LogP contribution is -2.43. The fourth-order valence-corrected chi connectivity index (χ4v) is 6.45. The number of aryl methyl sites for hydroxylation is 1. The van der Waals surface area contributed by atoms with Crippen molar-refractivity contribution in [1.82, 2.24) is 19.8 Å². The highest BCUT2D eigenvalue weighted by Crippen LogP contribution is 2.44. The number of benzene rings is 3. The molecule has 0 atom stereocenters. The summed E-state index contributed by atoms with van der Waals surface area (Å²) in [5.74, 6) is -0.585. The molecule has 3 aromatic carbocycles. The second kappa shape index (κ2) is 14.8. The van der Waals surface area contributed by atoms with Gasteiger partial charge in [-0.1, -0.05) is 66.4 Å². The molecule has 5 rings (SSSR count). The molecule has 1 aromatic heterocycles. The molecule has 2 N–H and O–H groups in total. The highest BCUT2D eigenvalue weighted by Gasteiger charge is 2.29. The Hall–Kier alpha value is -5.10. The number of carboxylic acids is 1. The molecule has 0 unspecified atom stereocenters. The summed E-state index contributed by atoms with van der Waals surface area (Å²) in [5, 5.41) is 12.4. The van der Waals surface area contributed by atoms with E-state index in [1.165, 1.54) is 28.6 Å². The van der Waals surface area contributed by atoms with E-state index in [1.54, 1.807) is 7.11 Å². The van der Waals surface area contributed by atoms with Gasteiger partial charge in [0.25, 0.3) is 5.56 Å². The van der Waals surface area contributed by atoms with E-state index in [0.29, 0.717) is 10.9 Å². The first kappa shape index (κ1) is 32.3. The van der Waals surface area contributed by atoms with Crippen LogP contribution >= 0.6 is 11.8 Å². The van der Waals surface area contributed by atoms with E-state index in [4.69, 9.17) is 9.47 Å². The molecule has 0 saturated carbocycles. The normalized spacial score (nSPS) is 11.8. The van der Waals surface area contributed by atoms with Gasteiger partial charge in [-0.05, 0) is 52.4 Å². The summed E-state index contributed by atoms with van der Waals surface area (Å²) in [6.45, 7) is 1.20. The molecule has 12 heteroatoms. The summed E-state index contributed by atoms with van der Waals surface area (Å²) < 4.78 is 12.3. The van der Waals surface area contributed by atoms with E-state index in [9.17, 15) is 24.3 Å². The number of carboxylic acid groups (broad SMARTS) is 1. The fraction of sp³-hybridized carbons (Fsp3) is 0.265. The van der Waals surface area contributed by atoms with Crippen LogP contribution in [0.5, 0.6) is 5.75 Å². The highest BCUT2D eigenvalue weighted by atomic mass is 32.2. The number of aromatic nitrogens is 2. The van der Waals surface area contributed by atoms with Gasteiger partial charge < -0.3 is 29.4 Å². The standard InChI is InChI=1S/C34H34N4O7S/c1-22-17-24(44-2)12-11-23(22)21-46-33-36-30(39)13-15-38(33)18-31(40)37(19-32(41)42)16-14-35-34(43)45-20-29-27-9-5-3-7-25(27)26-8-4-6-10-28(26)29/h3-13,15,17,29H,14,16,18-21H2,1-2H3,(H,35,43)(H,41,42). The van der Waals surface area contributed by atoms with Crippen molar-refractivity contribution in [3.63, 3.8) is 0 Å². The zero-order chi connectivity index (χ0) is 32.6. The molecule has 46 heavy (non-hydrogen) atoms. The van der Waals surface area contributed by atoms with Crippen LogP contribution in [0.25, 0.3) is 11.1 Å². The van der Waals surface area contributed by atoms with Gasteiger partial charge >= 0.3 is 12.1 Å². The number of carbonyl (C=O) groups excluding carboxylic acids is 2. The van der Waals surface area contributed by atoms with Crippen LogP contribution in [0.15, 0.2) is 88.9 Å². The molecule has 1 heterocycles. The predicted molar refractivity (Wildman–Crippen MR) is 173 cm³/mol. The maximum Gasteiger partial charge on any atom is 0.407 e. The van der Waals surface area contributed by atoms with E-state index in [0.717, 1.165) is 44.0 Å². The minimum Gasteiger partial charge on any atom is -0.497 e. The summed E-state index contributed by atoms with van der Waals surface area (Å²) in [6.07, 6.45) is 0.798. The average molecular weight is 643 g/mol. The number of thioether (sulfide) groups is 1. The SMILES string of the molecule is COc1ccc(CSc2nc(=O)ccn2CC(=O)N(CCNC(=O)OCC2c3ccccc3-c3ccccc32)CC(=O)O)c(C)c1. The molecule has 238 valence electrons. The number of ether oxygens (including phenoxy) is 2. The highest BCUT2D eigenvalue weighted by molar-refractivity contribution is 7.98. The molecule has 0 fully saturated rings. The smallest absolute Gasteiger partial charge is 0.407 e. The maximum atomic E-state index is 13.3. The zero-order valence-corrected chi connectivity index (χ0v) is 26.3. The van der Waals surface area contributed by atoms with Crippen LogP contribution in [0.4, 0.5) is 4.79 Å². The van der Waals surface area contributed by atoms with Crippen LogP contribution in [0.3, 0.4) is 0 Å². The topological polar surface area (TPSA) is 140 Å². The number of hydrogen-bond acceptors (Lipinski definition) is 8. The van der Waals surface area contributed by atoms with E-state index in [2.05, 4.69) is 22.4 Å². The van der Waals surface area contributed by atoms with Gasteiger partial charge in [-0.25, -0.2) is 4.79 Å².